The summed E-state index contributed by atoms with van der Waals surface area (Å²) in [6.45, 7) is 2.36. The van der Waals surface area contributed by atoms with Crippen LogP contribution in [0, 0.1) is 13.8 Å². The highest BCUT2D eigenvalue weighted by Crippen LogP contribution is 2.17. The summed E-state index contributed by atoms with van der Waals surface area (Å²) in [7, 11) is 0. The van der Waals surface area contributed by atoms with Crippen LogP contribution in [0.5, 0.6) is 5.75 Å². The Hall–Kier alpha value is -3.22. The van der Waals surface area contributed by atoms with Crippen LogP contribution in [-0.2, 0) is 14.3 Å². The van der Waals surface area contributed by atoms with Crippen LogP contribution in [0.25, 0.3) is 6.08 Å². The van der Waals surface area contributed by atoms with Gasteiger partial charge in [-0.25, -0.2) is 4.79 Å². The highest BCUT2D eigenvalue weighted by molar-refractivity contribution is 5.97. The summed E-state index contributed by atoms with van der Waals surface area (Å²) < 4.78 is 33.6. The molecular formula is C21H21F2NO4. The molecule has 28 heavy (non-hydrogen) atoms. The molecule has 0 saturated heterocycles. The summed E-state index contributed by atoms with van der Waals surface area (Å²) in [4.78, 5) is 24.1. The van der Waals surface area contributed by atoms with Gasteiger partial charge in [-0.15, -0.1) is 0 Å². The molecule has 0 unspecified atom stereocenters. The van der Waals surface area contributed by atoms with Gasteiger partial charge < -0.3 is 14.8 Å². The molecule has 1 amide bonds. The predicted molar refractivity (Wildman–Crippen MR) is 102 cm³/mol. The summed E-state index contributed by atoms with van der Waals surface area (Å²) in [6.07, 6.45) is 1.62. The highest BCUT2D eigenvalue weighted by atomic mass is 19.3. The Morgan fingerprint density at radius 2 is 1.75 bits per heavy atom. The van der Waals surface area contributed by atoms with Crippen LogP contribution in [0.15, 0.2) is 48.5 Å². The third-order valence-electron chi connectivity index (χ3n) is 3.83. The van der Waals surface area contributed by atoms with Gasteiger partial charge in [0.2, 0.25) is 0 Å². The number of alkyl halides is 2. The monoisotopic (exact) mass is 389 g/mol. The first kappa shape index (κ1) is 21.1. The Bertz CT molecular complexity index is 863. The standard InChI is InChI=1S/C21H21F2NO4/c1-13-4-5-14(2)18(12-13)24-20(26)15(3)27-19(25)11-8-16-6-9-17(10-7-16)28-21(22)23/h4-12,15,21H,1-3H3,(H,24,26)/b11-8+/t15-/m1/s1. The van der Waals surface area contributed by atoms with Gasteiger partial charge in [-0.2, -0.15) is 8.78 Å². The summed E-state index contributed by atoms with van der Waals surface area (Å²) in [6, 6.07) is 11.4. The first-order valence-corrected chi connectivity index (χ1v) is 8.56. The van der Waals surface area contributed by atoms with Gasteiger partial charge in [0.25, 0.3) is 5.91 Å². The summed E-state index contributed by atoms with van der Waals surface area (Å²) in [5.74, 6) is -1.12. The molecule has 0 fully saturated rings. The largest absolute Gasteiger partial charge is 0.449 e. The first-order valence-electron chi connectivity index (χ1n) is 8.56. The molecule has 2 rings (SSSR count). The molecule has 5 nitrogen and oxygen atoms in total. The van der Waals surface area contributed by atoms with E-state index in [9.17, 15) is 18.4 Å². The third kappa shape index (κ3) is 6.50. The number of esters is 1. The second kappa shape index (κ2) is 9.64. The van der Waals surface area contributed by atoms with Crippen LogP contribution in [0.2, 0.25) is 0 Å². The number of hydrogen-bond acceptors (Lipinski definition) is 4. The molecule has 0 aliphatic heterocycles. The first-order chi connectivity index (χ1) is 13.2. The molecule has 1 atom stereocenters. The van der Waals surface area contributed by atoms with Crippen molar-refractivity contribution < 1.29 is 27.8 Å². The predicted octanol–water partition coefficient (Wildman–Crippen LogP) is 4.49. The smallest absolute Gasteiger partial charge is 0.387 e. The Morgan fingerprint density at radius 1 is 1.07 bits per heavy atom. The van der Waals surface area contributed by atoms with E-state index in [1.807, 2.05) is 32.0 Å². The number of anilines is 1. The lowest BCUT2D eigenvalue weighted by molar-refractivity contribution is -0.148. The fourth-order valence-electron chi connectivity index (χ4n) is 2.30. The molecule has 2 aromatic rings. The van der Waals surface area contributed by atoms with E-state index in [1.54, 1.807) is 0 Å². The number of hydrogen-bond donors (Lipinski definition) is 1. The molecule has 0 aliphatic carbocycles. The number of ether oxygens (including phenoxy) is 2. The second-order valence-electron chi connectivity index (χ2n) is 6.17. The van der Waals surface area contributed by atoms with Crippen LogP contribution in [0.1, 0.15) is 23.6 Å². The molecule has 0 bridgehead atoms. The number of aryl methyl sites for hydroxylation is 2. The van der Waals surface area contributed by atoms with Gasteiger partial charge in [-0.3, -0.25) is 4.79 Å². The van der Waals surface area contributed by atoms with Crippen LogP contribution < -0.4 is 10.1 Å². The van der Waals surface area contributed by atoms with Crippen molar-refractivity contribution in [2.24, 2.45) is 0 Å². The Kier molecular flexibility index (Phi) is 7.26. The Labute approximate surface area is 162 Å². The lowest BCUT2D eigenvalue weighted by atomic mass is 10.1. The van der Waals surface area contributed by atoms with Crippen molar-refractivity contribution in [3.8, 4) is 5.75 Å². The lowest BCUT2D eigenvalue weighted by Crippen LogP contribution is -2.29. The molecule has 1 N–H and O–H groups in total. The van der Waals surface area contributed by atoms with E-state index >= 15 is 0 Å². The molecule has 0 saturated carbocycles. The number of halogens is 2. The van der Waals surface area contributed by atoms with Crippen LogP contribution in [0.4, 0.5) is 14.5 Å². The van der Waals surface area contributed by atoms with Crippen molar-refractivity contribution in [1.82, 2.24) is 0 Å². The minimum Gasteiger partial charge on any atom is -0.449 e. The molecule has 0 aromatic heterocycles. The van der Waals surface area contributed by atoms with Crippen molar-refractivity contribution in [2.45, 2.75) is 33.5 Å². The molecule has 0 radical (unpaired) electrons. The number of rotatable bonds is 7. The maximum atomic E-state index is 12.2. The number of carbonyl (C=O) groups is 2. The van der Waals surface area contributed by atoms with Gasteiger partial charge >= 0.3 is 12.6 Å². The zero-order valence-corrected chi connectivity index (χ0v) is 15.7. The van der Waals surface area contributed by atoms with Crippen LogP contribution in [-0.4, -0.2) is 24.6 Å². The average molecular weight is 389 g/mol. The van der Waals surface area contributed by atoms with E-state index in [-0.39, 0.29) is 5.75 Å². The van der Waals surface area contributed by atoms with Gasteiger partial charge in [0.15, 0.2) is 6.10 Å². The number of amides is 1. The minimum absolute atomic E-state index is 0.0199. The van der Waals surface area contributed by atoms with Crippen molar-refractivity contribution >= 4 is 23.6 Å². The molecular weight excluding hydrogens is 368 g/mol. The fourth-order valence-corrected chi connectivity index (χ4v) is 2.30. The van der Waals surface area contributed by atoms with E-state index in [1.165, 1.54) is 37.3 Å². The fraction of sp³-hybridized carbons (Fsp3) is 0.238. The van der Waals surface area contributed by atoms with Crippen LogP contribution in [0.3, 0.4) is 0 Å². The molecule has 0 spiro atoms. The van der Waals surface area contributed by atoms with Crippen molar-refractivity contribution in [3.05, 3.63) is 65.2 Å². The van der Waals surface area contributed by atoms with Crippen LogP contribution >= 0.6 is 0 Å². The maximum Gasteiger partial charge on any atom is 0.387 e. The van der Waals surface area contributed by atoms with Gasteiger partial charge in [-0.1, -0.05) is 24.3 Å². The molecule has 148 valence electrons. The Morgan fingerprint density at radius 3 is 2.39 bits per heavy atom. The summed E-state index contributed by atoms with van der Waals surface area (Å²) in [5.41, 5.74) is 3.15. The minimum atomic E-state index is -2.90. The van der Waals surface area contributed by atoms with Crippen molar-refractivity contribution in [1.29, 1.82) is 0 Å². The number of benzene rings is 2. The Balaban J connectivity index is 1.89. The molecule has 7 heteroatoms. The van der Waals surface area contributed by atoms with Gasteiger partial charge in [0, 0.05) is 11.8 Å². The highest BCUT2D eigenvalue weighted by Gasteiger charge is 2.17. The van der Waals surface area contributed by atoms with E-state index in [4.69, 9.17) is 4.74 Å². The molecule has 2 aromatic carbocycles. The van der Waals surface area contributed by atoms with E-state index < -0.39 is 24.6 Å². The van der Waals surface area contributed by atoms with Crippen molar-refractivity contribution in [2.75, 3.05) is 5.32 Å². The second-order valence-corrected chi connectivity index (χ2v) is 6.17. The van der Waals surface area contributed by atoms with E-state index in [0.717, 1.165) is 17.2 Å². The van der Waals surface area contributed by atoms with Gasteiger partial charge in [-0.05, 0) is 61.7 Å². The zero-order chi connectivity index (χ0) is 20.7. The maximum absolute atomic E-state index is 12.2. The third-order valence-corrected chi connectivity index (χ3v) is 3.83. The summed E-state index contributed by atoms with van der Waals surface area (Å²) in [5, 5.41) is 2.74. The molecule has 0 aliphatic rings. The lowest BCUT2D eigenvalue weighted by Gasteiger charge is -2.14. The number of carbonyl (C=O) groups excluding carboxylic acids is 2. The summed E-state index contributed by atoms with van der Waals surface area (Å²) >= 11 is 0. The normalized spacial score (nSPS) is 12.1. The van der Waals surface area contributed by atoms with Gasteiger partial charge in [0.1, 0.15) is 5.75 Å². The zero-order valence-electron chi connectivity index (χ0n) is 15.7. The quantitative estimate of drug-likeness (QED) is 0.560. The number of nitrogens with one attached hydrogen (secondary N) is 1. The molecule has 0 heterocycles. The van der Waals surface area contributed by atoms with Gasteiger partial charge in [0.05, 0.1) is 0 Å². The van der Waals surface area contributed by atoms with E-state index in [2.05, 4.69) is 10.1 Å². The topological polar surface area (TPSA) is 64.6 Å². The van der Waals surface area contributed by atoms with E-state index in [0.29, 0.717) is 11.3 Å². The SMILES string of the molecule is Cc1ccc(C)c(NC(=O)[C@@H](C)OC(=O)/C=C/c2ccc(OC(F)F)cc2)c1. The van der Waals surface area contributed by atoms with Crippen molar-refractivity contribution in [3.63, 3.8) is 0 Å². The average Bonchev–Trinajstić information content (AvgIpc) is 2.63.